The highest BCUT2D eigenvalue weighted by molar-refractivity contribution is 5.79. The molecule has 3 aliphatic rings. The molecule has 1 aromatic carbocycles. The van der Waals surface area contributed by atoms with Crippen LogP contribution in [0, 0.1) is 24.5 Å². The van der Waals surface area contributed by atoms with Crippen molar-refractivity contribution in [3.63, 3.8) is 0 Å². The zero-order valence-corrected chi connectivity index (χ0v) is 23.9. The zero-order chi connectivity index (χ0) is 29.6. The summed E-state index contributed by atoms with van der Waals surface area (Å²) in [6, 6.07) is 6.49. The summed E-state index contributed by atoms with van der Waals surface area (Å²) < 4.78 is 48.5. The van der Waals surface area contributed by atoms with Crippen molar-refractivity contribution in [1.29, 1.82) is 0 Å². The summed E-state index contributed by atoms with van der Waals surface area (Å²) in [7, 11) is 1.46. The summed E-state index contributed by atoms with van der Waals surface area (Å²) in [4.78, 5) is 31.8. The Morgan fingerprint density at radius 3 is 2.50 bits per heavy atom. The first kappa shape index (κ1) is 26.5. The van der Waals surface area contributed by atoms with Gasteiger partial charge < -0.3 is 23.7 Å². The van der Waals surface area contributed by atoms with Crippen LogP contribution in [0.25, 0.3) is 22.6 Å². The van der Waals surface area contributed by atoms with Gasteiger partial charge in [-0.05, 0) is 39.8 Å². The predicted molar refractivity (Wildman–Crippen MR) is 147 cm³/mol. The Balaban J connectivity index is 1.13. The molecular weight excluding hydrogens is 546 g/mol. The van der Waals surface area contributed by atoms with E-state index in [1.807, 2.05) is 25.7 Å². The number of aromatic nitrogens is 5. The lowest BCUT2D eigenvalue weighted by Crippen LogP contribution is -2.90. The molecule has 2 saturated carbocycles. The molecule has 0 N–H and O–H groups in total. The second kappa shape index (κ2) is 9.07. The third-order valence-corrected chi connectivity index (χ3v) is 8.43. The van der Waals surface area contributed by atoms with Crippen molar-refractivity contribution >= 4 is 17.3 Å². The number of fused-ring (bicyclic) bond motifs is 1. The molecule has 4 heterocycles. The van der Waals surface area contributed by atoms with Crippen molar-refractivity contribution in [2.45, 2.75) is 70.4 Å². The molecule has 2 unspecified atom stereocenters. The number of rotatable bonds is 6. The molecule has 2 aliphatic carbocycles. The zero-order valence-electron chi connectivity index (χ0n) is 23.9. The molecule has 4 aromatic rings. The fourth-order valence-corrected chi connectivity index (χ4v) is 6.61. The number of benzene rings is 1. The minimum Gasteiger partial charge on any atom is -0.487 e. The predicted octanol–water partition coefficient (Wildman–Crippen LogP) is 5.06. The second-order valence-electron chi connectivity index (χ2n) is 12.3. The maximum absolute atomic E-state index is 15.6. The van der Waals surface area contributed by atoms with E-state index in [9.17, 15) is 9.18 Å². The number of carbonyl (C=O) groups is 1. The van der Waals surface area contributed by atoms with Crippen molar-refractivity contribution in [1.82, 2.24) is 29.4 Å². The fraction of sp³-hybridized carbons (Fsp3) is 0.433. The van der Waals surface area contributed by atoms with Crippen LogP contribution in [0.4, 0.5) is 13.6 Å². The number of hydrogen-bond acceptors (Lipinski definition) is 8. The highest BCUT2D eigenvalue weighted by atomic mass is 19.1. The summed E-state index contributed by atoms with van der Waals surface area (Å²) in [6.45, 7) is 7.41. The summed E-state index contributed by atoms with van der Waals surface area (Å²) in [5.74, 6) is 0.0826. The number of nitrogens with zero attached hydrogens (tertiary/aromatic N) is 6. The monoisotopic (exact) mass is 576 g/mol. The molecule has 1 amide bonds. The summed E-state index contributed by atoms with van der Waals surface area (Å²) >= 11 is 0. The van der Waals surface area contributed by atoms with Crippen LogP contribution in [-0.4, -0.2) is 65.9 Å². The van der Waals surface area contributed by atoms with E-state index in [4.69, 9.17) is 14.2 Å². The molecule has 218 valence electrons. The van der Waals surface area contributed by atoms with Crippen molar-refractivity contribution < 1.29 is 27.8 Å². The molecule has 3 fully saturated rings. The third-order valence-electron chi connectivity index (χ3n) is 8.43. The Morgan fingerprint density at radius 1 is 1.10 bits per heavy atom. The molecule has 1 saturated heterocycles. The SMILES string of the molecule is COc1nc(C)c2nc(-c3cncc(F)c3)n(Cc3ccc(OC45C[C@@H]6C4[C@H](C5)N6C(=O)OC(C)(C)C)cc3F)c2n1. The third kappa shape index (κ3) is 4.06. The van der Waals surface area contributed by atoms with Gasteiger partial charge in [-0.2, -0.15) is 9.97 Å². The molecule has 0 bridgehead atoms. The average Bonchev–Trinajstić information content (AvgIpc) is 3.27. The number of ether oxygens (including phenoxy) is 3. The van der Waals surface area contributed by atoms with Crippen LogP contribution in [0.1, 0.15) is 44.9 Å². The van der Waals surface area contributed by atoms with Crippen molar-refractivity contribution in [2.24, 2.45) is 5.92 Å². The number of pyridine rings is 1. The van der Waals surface area contributed by atoms with Gasteiger partial charge in [0.15, 0.2) is 5.65 Å². The van der Waals surface area contributed by atoms with Crippen molar-refractivity contribution in [3.8, 4) is 23.1 Å². The first-order valence-electron chi connectivity index (χ1n) is 13.8. The second-order valence-corrected chi connectivity index (χ2v) is 12.3. The molecule has 7 rings (SSSR count). The van der Waals surface area contributed by atoms with Crippen LogP contribution in [0.5, 0.6) is 11.8 Å². The minimum atomic E-state index is -0.543. The molecule has 4 atom stereocenters. The molecule has 0 spiro atoms. The smallest absolute Gasteiger partial charge is 0.410 e. The maximum Gasteiger partial charge on any atom is 0.410 e. The van der Waals surface area contributed by atoms with E-state index in [0.717, 1.165) is 6.20 Å². The standard InChI is InChI=1S/C30H30F2N6O4/c1-15-24-26(36-27(34-15)40-5)37(25(35-24)17-8-18(31)13-33-12-17)14-16-6-7-19(9-20(16)32)41-30-10-21-23(30)22(11-30)38(21)28(39)42-29(2,3)4/h6-9,12-13,21-23H,10-11,14H2,1-5H3/t21-,22+,23?,30?. The summed E-state index contributed by atoms with van der Waals surface area (Å²) in [5.41, 5.74) is 1.38. The Morgan fingerprint density at radius 2 is 1.86 bits per heavy atom. The summed E-state index contributed by atoms with van der Waals surface area (Å²) in [6.07, 6.45) is 3.72. The van der Waals surface area contributed by atoms with Crippen LogP contribution in [0.3, 0.4) is 0 Å². The maximum atomic E-state index is 15.6. The molecule has 42 heavy (non-hydrogen) atoms. The van der Waals surface area contributed by atoms with E-state index in [1.165, 1.54) is 25.4 Å². The molecule has 1 aliphatic heterocycles. The van der Waals surface area contributed by atoms with Crippen LogP contribution >= 0.6 is 0 Å². The van der Waals surface area contributed by atoms with Gasteiger partial charge in [0.25, 0.3) is 0 Å². The number of likely N-dealkylation sites (tertiary alicyclic amines) is 1. The fourth-order valence-electron chi connectivity index (χ4n) is 6.61. The van der Waals surface area contributed by atoms with Gasteiger partial charge in [-0.25, -0.2) is 18.6 Å². The number of amides is 1. The molecular formula is C30H30F2N6O4. The van der Waals surface area contributed by atoms with E-state index in [0.29, 0.717) is 52.4 Å². The van der Waals surface area contributed by atoms with Gasteiger partial charge in [-0.3, -0.25) is 4.98 Å². The highest BCUT2D eigenvalue weighted by Gasteiger charge is 2.79. The number of methoxy groups -OCH3 is 1. The minimum absolute atomic E-state index is 0.0663. The average molecular weight is 577 g/mol. The Labute approximate surface area is 240 Å². The lowest BCUT2D eigenvalue weighted by atomic mass is 9.43. The van der Waals surface area contributed by atoms with Crippen molar-refractivity contribution in [3.05, 3.63) is 59.6 Å². The number of halogens is 2. The molecule has 3 aromatic heterocycles. The lowest BCUT2D eigenvalue weighted by Gasteiger charge is -2.78. The van der Waals surface area contributed by atoms with Gasteiger partial charge in [0.2, 0.25) is 0 Å². The van der Waals surface area contributed by atoms with E-state index >= 15 is 4.39 Å². The number of piperidine rings is 3. The molecule has 12 heteroatoms. The quantitative estimate of drug-likeness (QED) is 0.314. The van der Waals surface area contributed by atoms with Crippen molar-refractivity contribution in [2.75, 3.05) is 7.11 Å². The van der Waals surface area contributed by atoms with Crippen LogP contribution in [0.15, 0.2) is 36.7 Å². The topological polar surface area (TPSA) is 104 Å². The summed E-state index contributed by atoms with van der Waals surface area (Å²) in [5, 5.41) is 0. The van der Waals surface area contributed by atoms with E-state index in [1.54, 1.807) is 23.6 Å². The first-order valence-corrected chi connectivity index (χ1v) is 13.8. The Kier molecular flexibility index (Phi) is 5.73. The highest BCUT2D eigenvalue weighted by Crippen LogP contribution is 2.67. The largest absolute Gasteiger partial charge is 0.487 e. The normalized spacial score (nSPS) is 23.9. The molecule has 0 radical (unpaired) electrons. The van der Waals surface area contributed by atoms with Gasteiger partial charge >= 0.3 is 12.1 Å². The van der Waals surface area contributed by atoms with Gasteiger partial charge in [0, 0.05) is 54.2 Å². The van der Waals surface area contributed by atoms with Gasteiger partial charge in [0.1, 0.15) is 39.9 Å². The number of carbonyl (C=O) groups excluding carboxylic acids is 1. The van der Waals surface area contributed by atoms with Gasteiger partial charge in [0.05, 0.1) is 25.5 Å². The Bertz CT molecular complexity index is 1740. The van der Waals surface area contributed by atoms with Crippen LogP contribution < -0.4 is 9.47 Å². The van der Waals surface area contributed by atoms with Gasteiger partial charge in [-0.1, -0.05) is 6.07 Å². The van der Waals surface area contributed by atoms with E-state index < -0.39 is 17.2 Å². The van der Waals surface area contributed by atoms with E-state index in [-0.39, 0.29) is 42.3 Å². The lowest BCUT2D eigenvalue weighted by molar-refractivity contribution is -0.312. The number of imidazole rings is 1. The van der Waals surface area contributed by atoms with Crippen LogP contribution in [-0.2, 0) is 11.3 Å². The van der Waals surface area contributed by atoms with E-state index in [2.05, 4.69) is 19.9 Å². The van der Waals surface area contributed by atoms with Gasteiger partial charge in [-0.15, -0.1) is 0 Å². The molecule has 10 nitrogen and oxygen atoms in total. The Hall–Kier alpha value is -4.35. The van der Waals surface area contributed by atoms with Crippen LogP contribution in [0.2, 0.25) is 0 Å². The first-order chi connectivity index (χ1) is 20.0. The number of aryl methyl sites for hydroxylation is 1. The number of hydrogen-bond donors (Lipinski definition) is 0.